The maximum Gasteiger partial charge on any atom is 0.337 e. The Morgan fingerprint density at radius 2 is 1.57 bits per heavy atom. The molecule has 46 heavy (non-hydrogen) atoms. The number of carbonyl (C=O) groups is 2. The Morgan fingerprint density at radius 3 is 2.28 bits per heavy atom. The molecule has 7 rings (SSSR count). The Bertz CT molecular complexity index is 1710. The third-order valence-corrected chi connectivity index (χ3v) is 11.0. The molecular weight excluding hydrogens is 596 g/mol. The third kappa shape index (κ3) is 5.95. The van der Waals surface area contributed by atoms with Gasteiger partial charge in [0, 0.05) is 36.8 Å². The standard InChI is InChI=1S/C38H44N4O3.ClH/c1-26-8-6-11-30(22-26)38(16-19-40(20-17-38)36(43)28-9-7-10-29(23-28)37(44)45-3)18-21-41-31-14-15-32(41)25-33(24-31)42-27(2)39-34-12-4-5-13-35(34)42;/h4-13,22-23,31-33H,14-21,24-25H2,1-3H3;1H/t31-,32+,33?;. The quantitative estimate of drug-likeness (QED) is 0.198. The number of aryl methyl sites for hydroxylation is 2. The number of hydrogen-bond acceptors (Lipinski definition) is 5. The minimum Gasteiger partial charge on any atom is -0.465 e. The monoisotopic (exact) mass is 640 g/mol. The summed E-state index contributed by atoms with van der Waals surface area (Å²) in [5.74, 6) is 0.695. The maximum absolute atomic E-state index is 13.6. The molecule has 7 nitrogen and oxygen atoms in total. The molecule has 0 N–H and O–H groups in total. The summed E-state index contributed by atoms with van der Waals surface area (Å²) in [7, 11) is 1.36. The molecule has 0 saturated carbocycles. The van der Waals surface area contributed by atoms with E-state index in [1.807, 2.05) is 4.90 Å². The number of likely N-dealkylation sites (tertiary alicyclic amines) is 1. The van der Waals surface area contributed by atoms with Crippen LogP contribution in [0.15, 0.2) is 72.8 Å². The first-order valence-corrected chi connectivity index (χ1v) is 16.6. The number of halogens is 1. The van der Waals surface area contributed by atoms with Gasteiger partial charge in [0.1, 0.15) is 5.82 Å². The van der Waals surface area contributed by atoms with Crippen LogP contribution in [0.3, 0.4) is 0 Å². The van der Waals surface area contributed by atoms with Crippen molar-refractivity contribution in [3.63, 3.8) is 0 Å². The van der Waals surface area contributed by atoms with E-state index in [-0.39, 0.29) is 23.7 Å². The second-order valence-corrected chi connectivity index (χ2v) is 13.5. The Hall–Kier alpha value is -3.68. The van der Waals surface area contributed by atoms with E-state index in [9.17, 15) is 9.59 Å². The lowest BCUT2D eigenvalue weighted by Gasteiger charge is -2.46. The van der Waals surface area contributed by atoms with Crippen molar-refractivity contribution >= 4 is 35.3 Å². The molecule has 2 bridgehead atoms. The number of esters is 1. The fourth-order valence-corrected chi connectivity index (χ4v) is 8.67. The van der Waals surface area contributed by atoms with Crippen LogP contribution in [0.25, 0.3) is 11.0 Å². The van der Waals surface area contributed by atoms with Gasteiger partial charge in [0.25, 0.3) is 5.91 Å². The SMILES string of the molecule is COC(=O)c1cccc(C(=O)N2CCC(CCN3[C@@H]4CC[C@H]3CC(n3c(C)nc5ccccc53)C4)(c3cccc(C)c3)CC2)c1.Cl. The molecule has 3 saturated heterocycles. The Labute approximate surface area is 278 Å². The van der Waals surface area contributed by atoms with Gasteiger partial charge in [-0.15, -0.1) is 12.4 Å². The number of hydrogen-bond donors (Lipinski definition) is 0. The van der Waals surface area contributed by atoms with Crippen molar-refractivity contribution < 1.29 is 14.3 Å². The lowest BCUT2D eigenvalue weighted by Crippen LogP contribution is -2.49. The van der Waals surface area contributed by atoms with Crippen LogP contribution in [0.4, 0.5) is 0 Å². The molecule has 0 radical (unpaired) electrons. The minimum atomic E-state index is -0.423. The average molecular weight is 641 g/mol. The molecule has 1 unspecified atom stereocenters. The number of methoxy groups -OCH3 is 1. The Kier molecular flexibility index (Phi) is 9.26. The highest BCUT2D eigenvalue weighted by Gasteiger charge is 2.44. The van der Waals surface area contributed by atoms with E-state index >= 15 is 0 Å². The molecule has 1 amide bonds. The third-order valence-electron chi connectivity index (χ3n) is 11.0. The van der Waals surface area contributed by atoms with Crippen LogP contribution < -0.4 is 0 Å². The fourth-order valence-electron chi connectivity index (χ4n) is 8.67. The Morgan fingerprint density at radius 1 is 0.870 bits per heavy atom. The molecule has 3 fully saturated rings. The molecular formula is C38H45ClN4O3. The summed E-state index contributed by atoms with van der Waals surface area (Å²) in [5.41, 5.74) is 6.05. The van der Waals surface area contributed by atoms with Gasteiger partial charge in [-0.05, 0) is 107 Å². The highest BCUT2D eigenvalue weighted by molar-refractivity contribution is 5.98. The number of fused-ring (bicyclic) bond motifs is 3. The number of amides is 1. The molecule has 3 aromatic carbocycles. The Balaban J connectivity index is 0.00000372. The molecule has 4 aromatic rings. The van der Waals surface area contributed by atoms with Crippen LogP contribution in [0.2, 0.25) is 0 Å². The number of carbonyl (C=O) groups excluding carboxylic acids is 2. The predicted molar refractivity (Wildman–Crippen MR) is 184 cm³/mol. The second-order valence-electron chi connectivity index (χ2n) is 13.5. The van der Waals surface area contributed by atoms with E-state index in [0.717, 1.165) is 37.1 Å². The van der Waals surface area contributed by atoms with Crippen molar-refractivity contribution in [3.05, 3.63) is 101 Å². The number of benzene rings is 3. The average Bonchev–Trinajstić information content (AvgIpc) is 3.53. The van der Waals surface area contributed by atoms with Gasteiger partial charge >= 0.3 is 5.97 Å². The summed E-state index contributed by atoms with van der Waals surface area (Å²) in [5, 5.41) is 0. The van der Waals surface area contributed by atoms with Crippen LogP contribution >= 0.6 is 12.4 Å². The largest absolute Gasteiger partial charge is 0.465 e. The van der Waals surface area contributed by atoms with E-state index in [0.29, 0.717) is 42.3 Å². The number of imidazole rings is 1. The lowest BCUT2D eigenvalue weighted by atomic mass is 9.70. The molecule has 3 aliphatic rings. The zero-order valence-electron chi connectivity index (χ0n) is 27.2. The molecule has 242 valence electrons. The van der Waals surface area contributed by atoms with Gasteiger partial charge in [-0.2, -0.15) is 0 Å². The first-order chi connectivity index (χ1) is 21.8. The van der Waals surface area contributed by atoms with Crippen molar-refractivity contribution in [1.29, 1.82) is 0 Å². The van der Waals surface area contributed by atoms with E-state index in [4.69, 9.17) is 9.72 Å². The fraction of sp³-hybridized carbons (Fsp3) is 0.447. The zero-order valence-corrected chi connectivity index (χ0v) is 28.0. The topological polar surface area (TPSA) is 67.7 Å². The summed E-state index contributed by atoms with van der Waals surface area (Å²) >= 11 is 0. The van der Waals surface area contributed by atoms with Gasteiger partial charge < -0.3 is 14.2 Å². The maximum atomic E-state index is 13.6. The first-order valence-electron chi connectivity index (χ1n) is 16.6. The summed E-state index contributed by atoms with van der Waals surface area (Å²) in [6.45, 7) is 6.84. The van der Waals surface area contributed by atoms with E-state index in [1.165, 1.54) is 49.4 Å². The molecule has 4 heterocycles. The molecule has 3 atom stereocenters. The van der Waals surface area contributed by atoms with Gasteiger partial charge in [0.05, 0.1) is 23.7 Å². The number of rotatable bonds is 7. The number of ether oxygens (including phenoxy) is 1. The number of piperidine rings is 2. The van der Waals surface area contributed by atoms with Crippen LogP contribution in [0, 0.1) is 13.8 Å². The molecule has 8 heteroatoms. The van der Waals surface area contributed by atoms with Gasteiger partial charge in [0.15, 0.2) is 0 Å². The summed E-state index contributed by atoms with van der Waals surface area (Å²) < 4.78 is 7.39. The van der Waals surface area contributed by atoms with E-state index in [1.54, 1.807) is 24.3 Å². The lowest BCUT2D eigenvalue weighted by molar-refractivity contribution is 0.0600. The summed E-state index contributed by atoms with van der Waals surface area (Å²) in [6, 6.07) is 26.2. The normalized spacial score (nSPS) is 22.4. The molecule has 1 aromatic heterocycles. The number of nitrogens with zero attached hydrogens (tertiary/aromatic N) is 4. The van der Waals surface area contributed by atoms with Gasteiger partial charge in [-0.25, -0.2) is 9.78 Å². The van der Waals surface area contributed by atoms with Crippen molar-refractivity contribution in [1.82, 2.24) is 19.4 Å². The van der Waals surface area contributed by atoms with Crippen molar-refractivity contribution in [3.8, 4) is 0 Å². The van der Waals surface area contributed by atoms with Gasteiger partial charge in [0.2, 0.25) is 0 Å². The first kappa shape index (κ1) is 32.3. The van der Waals surface area contributed by atoms with Crippen molar-refractivity contribution in [2.24, 2.45) is 0 Å². The highest BCUT2D eigenvalue weighted by atomic mass is 35.5. The van der Waals surface area contributed by atoms with Crippen LogP contribution in [0.1, 0.15) is 88.7 Å². The molecule has 0 aliphatic carbocycles. The number of aromatic nitrogens is 2. The van der Waals surface area contributed by atoms with Crippen LogP contribution in [-0.2, 0) is 10.2 Å². The summed E-state index contributed by atoms with van der Waals surface area (Å²) in [4.78, 5) is 35.3. The van der Waals surface area contributed by atoms with Gasteiger partial charge in [-0.3, -0.25) is 9.69 Å². The minimum absolute atomic E-state index is 0. The summed E-state index contributed by atoms with van der Waals surface area (Å²) in [6.07, 6.45) is 7.88. The number of para-hydroxylation sites is 2. The predicted octanol–water partition coefficient (Wildman–Crippen LogP) is 7.29. The van der Waals surface area contributed by atoms with Gasteiger partial charge in [-0.1, -0.05) is 48.0 Å². The smallest absolute Gasteiger partial charge is 0.337 e. The molecule has 0 spiro atoms. The van der Waals surface area contributed by atoms with E-state index in [2.05, 4.69) is 71.8 Å². The second kappa shape index (κ2) is 13.2. The van der Waals surface area contributed by atoms with Crippen molar-refractivity contribution in [2.45, 2.75) is 82.3 Å². The molecule has 3 aliphatic heterocycles. The van der Waals surface area contributed by atoms with E-state index < -0.39 is 5.97 Å². The van der Waals surface area contributed by atoms with Crippen LogP contribution in [0.5, 0.6) is 0 Å². The highest BCUT2D eigenvalue weighted by Crippen LogP contribution is 2.45. The van der Waals surface area contributed by atoms with Crippen molar-refractivity contribution in [2.75, 3.05) is 26.7 Å². The zero-order chi connectivity index (χ0) is 31.1. The van der Waals surface area contributed by atoms with Crippen LogP contribution in [-0.4, -0.2) is 70.1 Å².